The van der Waals surface area contributed by atoms with Crippen LogP contribution >= 0.6 is 22.6 Å². The summed E-state index contributed by atoms with van der Waals surface area (Å²) in [6, 6.07) is 5.77. The lowest BCUT2D eigenvalue weighted by atomic mass is 10.1. The summed E-state index contributed by atoms with van der Waals surface area (Å²) in [5.41, 5.74) is 0.728. The first kappa shape index (κ1) is 13.9. The highest BCUT2D eigenvalue weighted by Gasteiger charge is 2.34. The quantitative estimate of drug-likeness (QED) is 0.835. The van der Waals surface area contributed by atoms with E-state index in [0.29, 0.717) is 5.82 Å². The van der Waals surface area contributed by atoms with Gasteiger partial charge in [0.05, 0.1) is 0 Å². The Labute approximate surface area is 124 Å². The van der Waals surface area contributed by atoms with Crippen molar-refractivity contribution in [1.29, 1.82) is 0 Å². The normalized spacial score (nSPS) is 11.6. The van der Waals surface area contributed by atoms with Gasteiger partial charge in [-0.2, -0.15) is 0 Å². The highest BCUT2D eigenvalue weighted by molar-refractivity contribution is 14.1. The zero-order valence-corrected chi connectivity index (χ0v) is 12.9. The minimum absolute atomic E-state index is 0.459. The number of benzene rings is 1. The predicted octanol–water partition coefficient (Wildman–Crippen LogP) is 2.07. The standard InChI is InChI=1S/C12H13IN4O2/c1-7-5-4-6-8(9(7)13)10-14-15-16-17(10)12(2,3)11(18)19/h4-6H,1-3H3,(H,18,19). The van der Waals surface area contributed by atoms with Crippen LogP contribution in [-0.4, -0.2) is 31.3 Å². The summed E-state index contributed by atoms with van der Waals surface area (Å²) in [6.45, 7) is 5.12. The molecule has 0 unspecified atom stereocenters. The third-order valence-electron chi connectivity index (χ3n) is 2.96. The Balaban J connectivity index is 2.63. The molecule has 1 aromatic heterocycles. The summed E-state index contributed by atoms with van der Waals surface area (Å²) in [5.74, 6) is -0.524. The molecule has 0 aliphatic rings. The number of nitrogens with zero attached hydrogens (tertiary/aromatic N) is 4. The fourth-order valence-corrected chi connectivity index (χ4v) is 2.24. The first-order valence-corrected chi connectivity index (χ1v) is 6.71. The average Bonchev–Trinajstić information content (AvgIpc) is 2.82. The molecule has 1 aromatic carbocycles. The van der Waals surface area contributed by atoms with Gasteiger partial charge < -0.3 is 5.11 Å². The minimum Gasteiger partial charge on any atom is -0.479 e. The number of aliphatic carboxylic acids is 1. The lowest BCUT2D eigenvalue weighted by Crippen LogP contribution is -2.37. The Morgan fingerprint density at radius 3 is 2.74 bits per heavy atom. The molecule has 100 valence electrons. The molecule has 1 heterocycles. The van der Waals surface area contributed by atoms with Crippen molar-refractivity contribution in [3.63, 3.8) is 0 Å². The van der Waals surface area contributed by atoms with Crippen molar-refractivity contribution in [1.82, 2.24) is 20.2 Å². The maximum absolute atomic E-state index is 11.3. The van der Waals surface area contributed by atoms with Gasteiger partial charge in [-0.05, 0) is 59.4 Å². The molecule has 0 spiro atoms. The second kappa shape index (κ2) is 4.87. The van der Waals surface area contributed by atoms with Crippen LogP contribution in [0.3, 0.4) is 0 Å². The molecule has 0 fully saturated rings. The molecule has 0 saturated carbocycles. The Bertz CT molecular complexity index is 636. The van der Waals surface area contributed by atoms with Crippen LogP contribution in [0.5, 0.6) is 0 Å². The van der Waals surface area contributed by atoms with Crippen LogP contribution in [-0.2, 0) is 10.3 Å². The average molecular weight is 372 g/mol. The lowest BCUT2D eigenvalue weighted by Gasteiger charge is -2.20. The van der Waals surface area contributed by atoms with E-state index in [1.54, 1.807) is 13.8 Å². The van der Waals surface area contributed by atoms with E-state index in [-0.39, 0.29) is 0 Å². The predicted molar refractivity (Wildman–Crippen MR) is 77.7 cm³/mol. The van der Waals surface area contributed by atoms with Crippen LogP contribution in [0.25, 0.3) is 11.4 Å². The van der Waals surface area contributed by atoms with Crippen LogP contribution in [0.1, 0.15) is 19.4 Å². The Morgan fingerprint density at radius 2 is 2.11 bits per heavy atom. The molecule has 7 heteroatoms. The van der Waals surface area contributed by atoms with Gasteiger partial charge in [-0.1, -0.05) is 18.2 Å². The molecule has 0 saturated heterocycles. The molecule has 1 N–H and O–H groups in total. The summed E-state index contributed by atoms with van der Waals surface area (Å²) < 4.78 is 2.35. The number of carbonyl (C=O) groups is 1. The van der Waals surface area contributed by atoms with Gasteiger partial charge in [0.15, 0.2) is 11.4 Å². The molecule has 0 amide bonds. The van der Waals surface area contributed by atoms with Crippen molar-refractivity contribution >= 4 is 28.6 Å². The van der Waals surface area contributed by atoms with Gasteiger partial charge in [0, 0.05) is 9.13 Å². The fraction of sp³-hybridized carbons (Fsp3) is 0.333. The number of hydrogen-bond donors (Lipinski definition) is 1. The summed E-state index contributed by atoms with van der Waals surface area (Å²) in [7, 11) is 0. The van der Waals surface area contributed by atoms with Crippen LogP contribution in [0, 0.1) is 10.5 Å². The van der Waals surface area contributed by atoms with Crippen LogP contribution in [0.2, 0.25) is 0 Å². The molecule has 6 nitrogen and oxygen atoms in total. The van der Waals surface area contributed by atoms with E-state index in [9.17, 15) is 9.90 Å². The summed E-state index contributed by atoms with van der Waals surface area (Å²) in [4.78, 5) is 11.3. The van der Waals surface area contributed by atoms with Crippen molar-refractivity contribution in [3.8, 4) is 11.4 Å². The highest BCUT2D eigenvalue weighted by Crippen LogP contribution is 2.28. The zero-order chi connectivity index (χ0) is 14.2. The SMILES string of the molecule is Cc1cccc(-c2nnnn2C(C)(C)C(=O)O)c1I. The van der Waals surface area contributed by atoms with Gasteiger partial charge in [0.25, 0.3) is 0 Å². The third kappa shape index (κ3) is 2.34. The summed E-state index contributed by atoms with van der Waals surface area (Å²) >= 11 is 2.21. The van der Waals surface area contributed by atoms with E-state index in [2.05, 4.69) is 38.1 Å². The minimum atomic E-state index is -1.20. The van der Waals surface area contributed by atoms with Gasteiger partial charge in [-0.25, -0.2) is 9.48 Å². The molecule has 2 aromatic rings. The molecule has 2 rings (SSSR count). The Hall–Kier alpha value is -1.51. The largest absolute Gasteiger partial charge is 0.479 e. The maximum atomic E-state index is 11.3. The van der Waals surface area contributed by atoms with Crippen molar-refractivity contribution < 1.29 is 9.90 Å². The van der Waals surface area contributed by atoms with Crippen molar-refractivity contribution in [2.75, 3.05) is 0 Å². The number of hydrogen-bond acceptors (Lipinski definition) is 4. The molecular weight excluding hydrogens is 359 g/mol. The molecule has 19 heavy (non-hydrogen) atoms. The fourth-order valence-electron chi connectivity index (χ4n) is 1.64. The van der Waals surface area contributed by atoms with Crippen LogP contribution < -0.4 is 0 Å². The van der Waals surface area contributed by atoms with E-state index in [0.717, 1.165) is 14.7 Å². The molecular formula is C12H13IN4O2. The van der Waals surface area contributed by atoms with Gasteiger partial charge in [-0.3, -0.25) is 0 Å². The van der Waals surface area contributed by atoms with Gasteiger partial charge in [0.1, 0.15) is 0 Å². The molecule has 0 radical (unpaired) electrons. The number of rotatable bonds is 3. The number of tetrazole rings is 1. The van der Waals surface area contributed by atoms with E-state index < -0.39 is 11.5 Å². The van der Waals surface area contributed by atoms with Crippen molar-refractivity contribution in [2.24, 2.45) is 0 Å². The number of carboxylic acids is 1. The van der Waals surface area contributed by atoms with Crippen LogP contribution in [0.4, 0.5) is 0 Å². The van der Waals surface area contributed by atoms with E-state index >= 15 is 0 Å². The number of aryl methyl sites for hydroxylation is 1. The van der Waals surface area contributed by atoms with Gasteiger partial charge in [-0.15, -0.1) is 5.10 Å². The number of halogens is 1. The highest BCUT2D eigenvalue weighted by atomic mass is 127. The van der Waals surface area contributed by atoms with Crippen molar-refractivity contribution in [3.05, 3.63) is 27.3 Å². The first-order valence-electron chi connectivity index (χ1n) is 5.63. The molecule has 0 atom stereocenters. The number of aromatic nitrogens is 4. The van der Waals surface area contributed by atoms with E-state index in [4.69, 9.17) is 0 Å². The molecule has 0 aliphatic carbocycles. The second-order valence-corrected chi connectivity index (χ2v) is 5.79. The summed E-state index contributed by atoms with van der Waals surface area (Å²) in [6.07, 6.45) is 0. The topological polar surface area (TPSA) is 80.9 Å². The second-order valence-electron chi connectivity index (χ2n) is 4.71. The first-order chi connectivity index (χ1) is 8.85. The Morgan fingerprint density at radius 1 is 1.42 bits per heavy atom. The number of carboxylic acid groups (broad SMARTS) is 1. The van der Waals surface area contributed by atoms with Gasteiger partial charge in [0.2, 0.25) is 0 Å². The molecule has 0 bridgehead atoms. The van der Waals surface area contributed by atoms with E-state index in [1.165, 1.54) is 4.68 Å². The Kier molecular flexibility index (Phi) is 3.57. The monoisotopic (exact) mass is 372 g/mol. The summed E-state index contributed by atoms with van der Waals surface area (Å²) in [5, 5.41) is 20.7. The lowest BCUT2D eigenvalue weighted by molar-refractivity contribution is -0.146. The van der Waals surface area contributed by atoms with Crippen LogP contribution in [0.15, 0.2) is 18.2 Å². The molecule has 0 aliphatic heterocycles. The maximum Gasteiger partial charge on any atom is 0.331 e. The van der Waals surface area contributed by atoms with Crippen molar-refractivity contribution in [2.45, 2.75) is 26.3 Å². The third-order valence-corrected chi connectivity index (χ3v) is 4.39. The zero-order valence-electron chi connectivity index (χ0n) is 10.8. The van der Waals surface area contributed by atoms with Gasteiger partial charge >= 0.3 is 5.97 Å². The smallest absolute Gasteiger partial charge is 0.331 e. The van der Waals surface area contributed by atoms with E-state index in [1.807, 2.05) is 25.1 Å².